The van der Waals surface area contributed by atoms with Crippen LogP contribution in [0, 0.1) is 0 Å². The molecule has 184 valence electrons. The van der Waals surface area contributed by atoms with Gasteiger partial charge in [0.05, 0.1) is 4.43 Å². The summed E-state index contributed by atoms with van der Waals surface area (Å²) in [5, 5.41) is 64.9. The predicted octanol–water partition coefficient (Wildman–Crippen LogP) is 2.99. The van der Waals surface area contributed by atoms with Crippen LogP contribution in [0.4, 0.5) is 0 Å². The highest BCUT2D eigenvalue weighted by molar-refractivity contribution is 14.1. The summed E-state index contributed by atoms with van der Waals surface area (Å²) in [7, 11) is 0. The van der Waals surface area contributed by atoms with Gasteiger partial charge in [0.15, 0.2) is 17.3 Å². The van der Waals surface area contributed by atoms with E-state index >= 15 is 0 Å². The summed E-state index contributed by atoms with van der Waals surface area (Å²) in [5.74, 6) is -2.63. The van der Waals surface area contributed by atoms with Crippen molar-refractivity contribution < 1.29 is 45.0 Å². The fourth-order valence-corrected chi connectivity index (χ4v) is 2.59. The van der Waals surface area contributed by atoms with Crippen LogP contribution in [0.15, 0.2) is 63.8 Å². The number of nitrogens with two attached hydrogens (primary N) is 1. The van der Waals surface area contributed by atoms with Gasteiger partial charge < -0.3 is 45.9 Å². The number of amides is 1. The second-order valence-corrected chi connectivity index (χ2v) is 7.53. The Morgan fingerprint density at radius 2 is 1.31 bits per heavy atom. The molecule has 0 bridgehead atoms. The maximum atomic E-state index is 12.1. The molecule has 11 nitrogen and oxygen atoms in total. The first-order valence-corrected chi connectivity index (χ1v) is 11.0. The standard InChI is InChI=1S/C15H10O7.C6H6O2.C2H4INO/c16-7-4-10(19)12-11(5-7)22-15(14(21)13(12)20)6-1-2-8(17)9(18)3-6;7-5-1-2-6(8)4-3-5;3-1-2(4)5/h1-5,16-19,21H;1-4,7-8H;1H2,(H2,4,5). The summed E-state index contributed by atoms with van der Waals surface area (Å²) in [5.41, 5.74) is 3.76. The van der Waals surface area contributed by atoms with E-state index in [0.29, 0.717) is 4.43 Å². The molecule has 35 heavy (non-hydrogen) atoms. The highest BCUT2D eigenvalue weighted by Gasteiger charge is 2.19. The molecular weight excluding hydrogens is 577 g/mol. The summed E-state index contributed by atoms with van der Waals surface area (Å²) in [6.45, 7) is 0. The van der Waals surface area contributed by atoms with Crippen LogP contribution in [-0.4, -0.2) is 46.1 Å². The Bertz CT molecular complexity index is 1380. The summed E-state index contributed by atoms with van der Waals surface area (Å²) >= 11 is 1.90. The Hall–Kier alpha value is -4.33. The molecule has 9 N–H and O–H groups in total. The molecule has 4 aromatic rings. The van der Waals surface area contributed by atoms with E-state index in [1.54, 1.807) is 0 Å². The topological polar surface area (TPSA) is 215 Å². The maximum absolute atomic E-state index is 12.1. The largest absolute Gasteiger partial charge is 0.508 e. The van der Waals surface area contributed by atoms with Crippen LogP contribution >= 0.6 is 22.6 Å². The van der Waals surface area contributed by atoms with Gasteiger partial charge in [0.25, 0.3) is 0 Å². The second kappa shape index (κ2) is 11.7. The minimum Gasteiger partial charge on any atom is -0.508 e. The number of phenols is 6. The molecule has 0 saturated heterocycles. The van der Waals surface area contributed by atoms with E-state index in [1.807, 2.05) is 22.6 Å². The minimum absolute atomic E-state index is 0.134. The molecule has 0 aliphatic carbocycles. The van der Waals surface area contributed by atoms with Crippen LogP contribution in [0.2, 0.25) is 0 Å². The zero-order valence-electron chi connectivity index (χ0n) is 17.7. The van der Waals surface area contributed by atoms with Crippen molar-refractivity contribution in [2.75, 3.05) is 4.43 Å². The van der Waals surface area contributed by atoms with E-state index in [2.05, 4.69) is 5.73 Å². The molecule has 0 fully saturated rings. The number of benzene rings is 3. The Morgan fingerprint density at radius 3 is 1.80 bits per heavy atom. The van der Waals surface area contributed by atoms with Gasteiger partial charge in [-0.05, 0) is 42.5 Å². The fraction of sp³-hybridized carbons (Fsp3) is 0.0435. The lowest BCUT2D eigenvalue weighted by atomic mass is 10.1. The van der Waals surface area contributed by atoms with Gasteiger partial charge in [0.2, 0.25) is 17.1 Å². The van der Waals surface area contributed by atoms with Crippen LogP contribution in [0.1, 0.15) is 0 Å². The van der Waals surface area contributed by atoms with Crippen LogP contribution in [0.3, 0.4) is 0 Å². The molecule has 12 heteroatoms. The average molecular weight is 597 g/mol. The highest BCUT2D eigenvalue weighted by atomic mass is 127. The Morgan fingerprint density at radius 1 is 0.771 bits per heavy atom. The first-order valence-electron chi connectivity index (χ1n) is 9.51. The molecule has 0 saturated carbocycles. The van der Waals surface area contributed by atoms with E-state index < -0.39 is 22.7 Å². The average Bonchev–Trinajstić information content (AvgIpc) is 2.80. The summed E-state index contributed by atoms with van der Waals surface area (Å²) in [6.07, 6.45) is 0. The number of fused-ring (bicyclic) bond motifs is 1. The molecule has 0 spiro atoms. The minimum atomic E-state index is -0.888. The molecule has 0 aliphatic heterocycles. The normalized spacial score (nSPS) is 9.97. The van der Waals surface area contributed by atoms with E-state index in [0.717, 1.165) is 24.3 Å². The Labute approximate surface area is 210 Å². The molecular formula is C23H20INO10. The number of carbonyl (C=O) groups is 1. The van der Waals surface area contributed by atoms with Gasteiger partial charge in [0, 0.05) is 17.7 Å². The van der Waals surface area contributed by atoms with Gasteiger partial charge in [-0.15, -0.1) is 0 Å². The molecule has 0 aliphatic rings. The molecule has 1 heterocycles. The van der Waals surface area contributed by atoms with Gasteiger partial charge >= 0.3 is 0 Å². The quantitative estimate of drug-likeness (QED) is 0.0732. The van der Waals surface area contributed by atoms with Crippen LogP contribution in [0.5, 0.6) is 40.2 Å². The van der Waals surface area contributed by atoms with E-state index in [-0.39, 0.29) is 51.2 Å². The Kier molecular flexibility index (Phi) is 8.99. The Balaban J connectivity index is 0.000000273. The van der Waals surface area contributed by atoms with E-state index in [4.69, 9.17) is 14.6 Å². The monoisotopic (exact) mass is 597 g/mol. The molecule has 3 aromatic carbocycles. The van der Waals surface area contributed by atoms with Crippen molar-refractivity contribution in [3.05, 3.63) is 64.8 Å². The van der Waals surface area contributed by atoms with Crippen molar-refractivity contribution in [1.29, 1.82) is 0 Å². The lowest BCUT2D eigenvalue weighted by Crippen LogP contribution is -2.10. The zero-order valence-corrected chi connectivity index (χ0v) is 19.9. The number of phenolic OH excluding ortho intramolecular Hbond substituents is 6. The molecule has 1 amide bonds. The molecule has 0 unspecified atom stereocenters. The van der Waals surface area contributed by atoms with Crippen molar-refractivity contribution in [2.45, 2.75) is 0 Å². The number of carbonyl (C=O) groups excluding carboxylic acids is 1. The van der Waals surface area contributed by atoms with E-state index in [9.17, 15) is 35.1 Å². The van der Waals surface area contributed by atoms with Gasteiger partial charge in [-0.1, -0.05) is 22.6 Å². The number of halogens is 1. The molecule has 1 aromatic heterocycles. The lowest BCUT2D eigenvalue weighted by molar-refractivity contribution is -0.115. The lowest BCUT2D eigenvalue weighted by Gasteiger charge is -2.08. The van der Waals surface area contributed by atoms with Gasteiger partial charge in [-0.25, -0.2) is 0 Å². The van der Waals surface area contributed by atoms with Crippen molar-refractivity contribution in [2.24, 2.45) is 5.73 Å². The number of aromatic hydroxyl groups is 7. The molecule has 4 rings (SSSR count). The second-order valence-electron chi connectivity index (χ2n) is 6.77. The van der Waals surface area contributed by atoms with Gasteiger partial charge in [-0.2, -0.15) is 0 Å². The number of rotatable bonds is 2. The van der Waals surface area contributed by atoms with Crippen LogP contribution in [0.25, 0.3) is 22.3 Å². The van der Waals surface area contributed by atoms with Gasteiger partial charge in [0.1, 0.15) is 34.0 Å². The first kappa shape index (κ1) is 26.9. The van der Waals surface area contributed by atoms with E-state index in [1.165, 1.54) is 30.3 Å². The summed E-state index contributed by atoms with van der Waals surface area (Å²) in [6, 6.07) is 11.3. The van der Waals surface area contributed by atoms with Crippen molar-refractivity contribution >= 4 is 39.5 Å². The van der Waals surface area contributed by atoms with Crippen LogP contribution in [-0.2, 0) is 4.79 Å². The number of hydrogen-bond donors (Lipinski definition) is 8. The van der Waals surface area contributed by atoms with Crippen LogP contribution < -0.4 is 11.2 Å². The highest BCUT2D eigenvalue weighted by Crippen LogP contribution is 2.37. The van der Waals surface area contributed by atoms with Gasteiger partial charge in [-0.3, -0.25) is 9.59 Å². The smallest absolute Gasteiger partial charge is 0.238 e. The fourth-order valence-electron chi connectivity index (χ4n) is 2.59. The van der Waals surface area contributed by atoms with Crippen molar-refractivity contribution in [3.63, 3.8) is 0 Å². The zero-order chi connectivity index (χ0) is 26.3. The SMILES string of the molecule is NC(=O)CI.O=c1c(O)c(-c2ccc(O)c(O)c2)oc2cc(O)cc(O)c12.Oc1ccc(O)cc1. The number of hydrogen-bond acceptors (Lipinski definition) is 10. The number of alkyl halides is 1. The first-order chi connectivity index (χ1) is 16.4. The predicted molar refractivity (Wildman–Crippen MR) is 134 cm³/mol. The third-order valence-corrected chi connectivity index (χ3v) is 4.91. The molecule has 0 radical (unpaired) electrons. The third-order valence-electron chi connectivity index (χ3n) is 4.15. The summed E-state index contributed by atoms with van der Waals surface area (Å²) in [4.78, 5) is 21.7. The van der Waals surface area contributed by atoms with Crippen molar-refractivity contribution in [1.82, 2.24) is 0 Å². The summed E-state index contributed by atoms with van der Waals surface area (Å²) < 4.78 is 5.77. The number of primary amides is 1. The maximum Gasteiger partial charge on any atom is 0.238 e. The molecule has 0 atom stereocenters. The van der Waals surface area contributed by atoms with Crippen molar-refractivity contribution in [3.8, 4) is 51.6 Å². The third kappa shape index (κ3) is 7.07.